The quantitative estimate of drug-likeness (QED) is 0.775. The number of nitrogens with one attached hydrogen (secondary N) is 1. The van der Waals surface area contributed by atoms with Gasteiger partial charge in [-0.25, -0.2) is 0 Å². The average Bonchev–Trinajstić information content (AvgIpc) is 2.92. The molecule has 0 unspecified atom stereocenters. The number of hydrogen-bond donors (Lipinski definition) is 1. The second-order valence-electron chi connectivity index (χ2n) is 4.21. The SMILES string of the molecule is COCCNCc1cccn1-c1ccccc1OC. The predicted octanol–water partition coefficient (Wildman–Crippen LogP) is 2.22. The van der Waals surface area contributed by atoms with E-state index in [9.17, 15) is 0 Å². The Hall–Kier alpha value is -1.78. The number of ether oxygens (including phenoxy) is 2. The van der Waals surface area contributed by atoms with Crippen LogP contribution in [0.5, 0.6) is 5.75 Å². The summed E-state index contributed by atoms with van der Waals surface area (Å²) in [5.41, 5.74) is 2.25. The summed E-state index contributed by atoms with van der Waals surface area (Å²) >= 11 is 0. The first-order valence-corrected chi connectivity index (χ1v) is 6.36. The second kappa shape index (κ2) is 6.97. The van der Waals surface area contributed by atoms with E-state index >= 15 is 0 Å². The first-order chi connectivity index (χ1) is 9.36. The lowest BCUT2D eigenvalue weighted by Crippen LogP contribution is -2.20. The molecule has 0 bridgehead atoms. The first kappa shape index (κ1) is 13.6. The summed E-state index contributed by atoms with van der Waals surface area (Å²) in [6.45, 7) is 2.36. The van der Waals surface area contributed by atoms with E-state index in [0.29, 0.717) is 0 Å². The molecule has 0 aliphatic carbocycles. The van der Waals surface area contributed by atoms with E-state index in [1.807, 2.05) is 30.5 Å². The standard InChI is InChI=1S/C15H20N2O2/c1-18-11-9-16-12-13-6-5-10-17(13)14-7-3-4-8-15(14)19-2/h3-8,10,16H,9,11-12H2,1-2H3. The molecule has 0 aliphatic rings. The van der Waals surface area contributed by atoms with E-state index in [-0.39, 0.29) is 0 Å². The summed E-state index contributed by atoms with van der Waals surface area (Å²) in [5.74, 6) is 0.872. The minimum atomic E-state index is 0.718. The zero-order chi connectivity index (χ0) is 13.5. The van der Waals surface area contributed by atoms with Gasteiger partial charge in [0.2, 0.25) is 0 Å². The van der Waals surface area contributed by atoms with Gasteiger partial charge in [-0.2, -0.15) is 0 Å². The van der Waals surface area contributed by atoms with Gasteiger partial charge in [-0.05, 0) is 24.3 Å². The Morgan fingerprint density at radius 2 is 1.95 bits per heavy atom. The Morgan fingerprint density at radius 1 is 1.11 bits per heavy atom. The van der Waals surface area contributed by atoms with Crippen molar-refractivity contribution in [3.05, 3.63) is 48.3 Å². The normalized spacial score (nSPS) is 10.6. The molecule has 0 aliphatic heterocycles. The summed E-state index contributed by atoms with van der Waals surface area (Å²) in [7, 11) is 3.40. The Morgan fingerprint density at radius 3 is 2.74 bits per heavy atom. The van der Waals surface area contributed by atoms with Crippen molar-refractivity contribution in [3.8, 4) is 11.4 Å². The van der Waals surface area contributed by atoms with Crippen LogP contribution in [0.15, 0.2) is 42.6 Å². The van der Waals surface area contributed by atoms with Gasteiger partial charge >= 0.3 is 0 Å². The molecule has 102 valence electrons. The van der Waals surface area contributed by atoms with Crippen LogP contribution in [0.4, 0.5) is 0 Å². The Labute approximate surface area is 114 Å². The number of nitrogens with zero attached hydrogens (tertiary/aromatic N) is 1. The molecule has 1 N–H and O–H groups in total. The van der Waals surface area contributed by atoms with Gasteiger partial charge in [0.1, 0.15) is 5.75 Å². The number of rotatable bonds is 7. The average molecular weight is 260 g/mol. The third-order valence-corrected chi connectivity index (χ3v) is 2.97. The van der Waals surface area contributed by atoms with Crippen LogP contribution in [0, 0.1) is 0 Å². The van der Waals surface area contributed by atoms with Crippen molar-refractivity contribution in [2.45, 2.75) is 6.54 Å². The van der Waals surface area contributed by atoms with Crippen molar-refractivity contribution in [1.82, 2.24) is 9.88 Å². The molecule has 4 nitrogen and oxygen atoms in total. The fraction of sp³-hybridized carbons (Fsp3) is 0.333. The molecule has 0 spiro atoms. The lowest BCUT2D eigenvalue weighted by atomic mass is 10.3. The van der Waals surface area contributed by atoms with Crippen LogP contribution < -0.4 is 10.1 Å². The van der Waals surface area contributed by atoms with Crippen LogP contribution in [0.1, 0.15) is 5.69 Å². The van der Waals surface area contributed by atoms with Crippen LogP contribution in [-0.4, -0.2) is 31.9 Å². The van der Waals surface area contributed by atoms with Gasteiger partial charge in [-0.3, -0.25) is 0 Å². The molecule has 0 amide bonds. The highest BCUT2D eigenvalue weighted by Gasteiger charge is 2.07. The summed E-state index contributed by atoms with van der Waals surface area (Å²) in [6, 6.07) is 12.2. The van der Waals surface area contributed by atoms with Crippen LogP contribution in [-0.2, 0) is 11.3 Å². The van der Waals surface area contributed by atoms with Crippen LogP contribution >= 0.6 is 0 Å². The molecular formula is C15H20N2O2. The molecule has 0 fully saturated rings. The van der Waals surface area contributed by atoms with E-state index in [0.717, 1.165) is 31.1 Å². The molecule has 0 saturated carbocycles. The van der Waals surface area contributed by atoms with Gasteiger partial charge in [0, 0.05) is 32.1 Å². The molecule has 2 rings (SSSR count). The van der Waals surface area contributed by atoms with E-state index in [2.05, 4.69) is 22.0 Å². The largest absolute Gasteiger partial charge is 0.495 e. The molecule has 4 heteroatoms. The van der Waals surface area contributed by atoms with E-state index in [1.54, 1.807) is 14.2 Å². The maximum Gasteiger partial charge on any atom is 0.142 e. The van der Waals surface area contributed by atoms with E-state index in [1.165, 1.54) is 5.69 Å². The number of aromatic nitrogens is 1. The van der Waals surface area contributed by atoms with Gasteiger partial charge in [0.15, 0.2) is 0 Å². The minimum absolute atomic E-state index is 0.718. The smallest absolute Gasteiger partial charge is 0.142 e. The number of benzene rings is 1. The van der Waals surface area contributed by atoms with E-state index < -0.39 is 0 Å². The molecule has 1 aromatic carbocycles. The Bertz CT molecular complexity index is 508. The third kappa shape index (κ3) is 3.36. The maximum absolute atomic E-state index is 5.41. The molecule has 0 atom stereocenters. The highest BCUT2D eigenvalue weighted by atomic mass is 16.5. The lowest BCUT2D eigenvalue weighted by molar-refractivity contribution is 0.199. The molecule has 2 aromatic rings. The van der Waals surface area contributed by atoms with Gasteiger partial charge in [-0.15, -0.1) is 0 Å². The number of para-hydroxylation sites is 2. The topological polar surface area (TPSA) is 35.4 Å². The van der Waals surface area contributed by atoms with Gasteiger partial charge in [0.05, 0.1) is 19.4 Å². The summed E-state index contributed by atoms with van der Waals surface area (Å²) in [6.07, 6.45) is 2.05. The fourth-order valence-corrected chi connectivity index (χ4v) is 2.01. The first-order valence-electron chi connectivity index (χ1n) is 6.36. The Balaban J connectivity index is 2.14. The van der Waals surface area contributed by atoms with Crippen molar-refractivity contribution in [1.29, 1.82) is 0 Å². The zero-order valence-electron chi connectivity index (χ0n) is 11.4. The third-order valence-electron chi connectivity index (χ3n) is 2.97. The molecule has 1 heterocycles. The Kier molecular flexibility index (Phi) is 5.01. The van der Waals surface area contributed by atoms with Crippen molar-refractivity contribution in [2.75, 3.05) is 27.4 Å². The summed E-state index contributed by atoms with van der Waals surface area (Å²) < 4.78 is 12.6. The van der Waals surface area contributed by atoms with Crippen molar-refractivity contribution in [2.24, 2.45) is 0 Å². The molecular weight excluding hydrogens is 240 g/mol. The number of hydrogen-bond acceptors (Lipinski definition) is 3. The number of methoxy groups -OCH3 is 2. The molecule has 0 radical (unpaired) electrons. The van der Waals surface area contributed by atoms with E-state index in [4.69, 9.17) is 9.47 Å². The van der Waals surface area contributed by atoms with Crippen LogP contribution in [0.2, 0.25) is 0 Å². The van der Waals surface area contributed by atoms with Crippen molar-refractivity contribution in [3.63, 3.8) is 0 Å². The fourth-order valence-electron chi connectivity index (χ4n) is 2.01. The van der Waals surface area contributed by atoms with Gasteiger partial charge in [-0.1, -0.05) is 12.1 Å². The van der Waals surface area contributed by atoms with Crippen molar-refractivity contribution >= 4 is 0 Å². The molecule has 19 heavy (non-hydrogen) atoms. The second-order valence-corrected chi connectivity index (χ2v) is 4.21. The monoisotopic (exact) mass is 260 g/mol. The van der Waals surface area contributed by atoms with Crippen molar-refractivity contribution < 1.29 is 9.47 Å². The minimum Gasteiger partial charge on any atom is -0.495 e. The van der Waals surface area contributed by atoms with Crippen LogP contribution in [0.3, 0.4) is 0 Å². The molecule has 1 aromatic heterocycles. The highest BCUT2D eigenvalue weighted by Crippen LogP contribution is 2.23. The van der Waals surface area contributed by atoms with Crippen LogP contribution in [0.25, 0.3) is 5.69 Å². The molecule has 0 saturated heterocycles. The van der Waals surface area contributed by atoms with Gasteiger partial charge in [0.25, 0.3) is 0 Å². The lowest BCUT2D eigenvalue weighted by Gasteiger charge is -2.13. The predicted molar refractivity (Wildman–Crippen MR) is 75.9 cm³/mol. The maximum atomic E-state index is 5.41. The highest BCUT2D eigenvalue weighted by molar-refractivity contribution is 5.48. The zero-order valence-corrected chi connectivity index (χ0v) is 11.4. The van der Waals surface area contributed by atoms with Gasteiger partial charge < -0.3 is 19.4 Å². The summed E-state index contributed by atoms with van der Waals surface area (Å²) in [4.78, 5) is 0. The summed E-state index contributed by atoms with van der Waals surface area (Å²) in [5, 5.41) is 3.35.